The van der Waals surface area contributed by atoms with E-state index in [1.165, 1.54) is 11.2 Å². The van der Waals surface area contributed by atoms with Crippen LogP contribution in [0.2, 0.25) is 0 Å². The van der Waals surface area contributed by atoms with E-state index in [0.29, 0.717) is 12.1 Å². The standard InChI is InChI=1S/C22H27F8N3O3S/c1-2-37(35,36)33-11-9-32(10-12-33)19(5-7-20(23,24)8-6-19)14-31-18(34)16-4-3-15(21(25,26)27)13-17(16)22(28,29)30/h3-4,13H,2,5-12,14H2,1H3,(H,31,34). The van der Waals surface area contributed by atoms with E-state index < -0.39 is 69.3 Å². The lowest BCUT2D eigenvalue weighted by molar-refractivity contribution is -0.143. The lowest BCUT2D eigenvalue weighted by atomic mass is 9.78. The van der Waals surface area contributed by atoms with E-state index in [0.717, 1.165) is 0 Å². The van der Waals surface area contributed by atoms with E-state index >= 15 is 0 Å². The van der Waals surface area contributed by atoms with Crippen LogP contribution in [0, 0.1) is 0 Å². The molecular weight excluding hydrogens is 538 g/mol. The number of piperazine rings is 1. The van der Waals surface area contributed by atoms with Crippen molar-refractivity contribution in [3.8, 4) is 0 Å². The molecule has 0 bridgehead atoms. The Morgan fingerprint density at radius 3 is 2.00 bits per heavy atom. The van der Waals surface area contributed by atoms with Crippen molar-refractivity contribution in [1.82, 2.24) is 14.5 Å². The summed E-state index contributed by atoms with van der Waals surface area (Å²) in [4.78, 5) is 14.5. The van der Waals surface area contributed by atoms with E-state index in [4.69, 9.17) is 0 Å². The maximum absolute atomic E-state index is 14.0. The SMILES string of the molecule is CCS(=O)(=O)N1CCN(C2(CNC(=O)c3ccc(C(F)(F)F)cc3C(F)(F)F)CCC(F)(F)CC2)CC1. The molecule has 0 radical (unpaired) electrons. The summed E-state index contributed by atoms with van der Waals surface area (Å²) >= 11 is 0. The van der Waals surface area contributed by atoms with Gasteiger partial charge in [-0.1, -0.05) is 0 Å². The van der Waals surface area contributed by atoms with Crippen LogP contribution in [0.3, 0.4) is 0 Å². The first-order chi connectivity index (χ1) is 16.9. The van der Waals surface area contributed by atoms with Gasteiger partial charge in [0.25, 0.3) is 5.91 Å². The van der Waals surface area contributed by atoms with E-state index in [-0.39, 0.29) is 57.4 Å². The Labute approximate surface area is 209 Å². The number of hydrogen-bond donors (Lipinski definition) is 1. The first kappa shape index (κ1) is 29.6. The summed E-state index contributed by atoms with van der Waals surface area (Å²) < 4.78 is 133. The van der Waals surface area contributed by atoms with Gasteiger partial charge in [-0.3, -0.25) is 9.69 Å². The minimum absolute atomic E-state index is 0.0827. The number of carbonyl (C=O) groups excluding carboxylic acids is 1. The second-order valence-corrected chi connectivity index (χ2v) is 11.6. The highest BCUT2D eigenvalue weighted by atomic mass is 32.2. The van der Waals surface area contributed by atoms with Crippen molar-refractivity contribution in [2.45, 2.75) is 56.4 Å². The minimum Gasteiger partial charge on any atom is -0.350 e. The maximum Gasteiger partial charge on any atom is 0.417 e. The molecule has 1 aliphatic heterocycles. The average Bonchev–Trinajstić information content (AvgIpc) is 2.82. The van der Waals surface area contributed by atoms with Gasteiger partial charge in [0.05, 0.1) is 22.4 Å². The fourth-order valence-electron chi connectivity index (χ4n) is 4.80. The van der Waals surface area contributed by atoms with E-state index in [1.54, 1.807) is 4.90 Å². The molecule has 210 valence electrons. The van der Waals surface area contributed by atoms with Crippen LogP contribution >= 0.6 is 0 Å². The molecule has 1 aromatic carbocycles. The first-order valence-electron chi connectivity index (χ1n) is 11.6. The van der Waals surface area contributed by atoms with E-state index in [9.17, 15) is 48.3 Å². The number of amides is 1. The number of rotatable bonds is 6. The van der Waals surface area contributed by atoms with Crippen molar-refractivity contribution >= 4 is 15.9 Å². The summed E-state index contributed by atoms with van der Waals surface area (Å²) in [5.41, 5.74) is -5.43. The Balaban J connectivity index is 1.83. The van der Waals surface area contributed by atoms with Gasteiger partial charge in [-0.15, -0.1) is 0 Å². The summed E-state index contributed by atoms with van der Waals surface area (Å²) in [6.45, 7) is 1.64. The third kappa shape index (κ3) is 6.72. The molecule has 0 unspecified atom stereocenters. The molecule has 1 amide bonds. The number of halogens is 8. The minimum atomic E-state index is -5.25. The summed E-state index contributed by atoms with van der Waals surface area (Å²) in [7, 11) is -3.48. The van der Waals surface area contributed by atoms with Gasteiger partial charge >= 0.3 is 12.4 Å². The highest BCUT2D eigenvalue weighted by Crippen LogP contribution is 2.42. The monoisotopic (exact) mass is 565 g/mol. The van der Waals surface area contributed by atoms with Crippen LogP contribution in [-0.4, -0.2) is 73.5 Å². The highest BCUT2D eigenvalue weighted by molar-refractivity contribution is 7.89. The topological polar surface area (TPSA) is 69.7 Å². The number of hydrogen-bond acceptors (Lipinski definition) is 4. The fourth-order valence-corrected chi connectivity index (χ4v) is 5.89. The first-order valence-corrected chi connectivity index (χ1v) is 13.2. The summed E-state index contributed by atoms with van der Waals surface area (Å²) in [5.74, 6) is -4.36. The van der Waals surface area contributed by atoms with Crippen LogP contribution in [0.4, 0.5) is 35.1 Å². The Morgan fingerprint density at radius 1 is 0.946 bits per heavy atom. The van der Waals surface area contributed by atoms with Gasteiger partial charge in [0.15, 0.2) is 0 Å². The third-order valence-electron chi connectivity index (χ3n) is 7.05. The molecule has 0 spiro atoms. The van der Waals surface area contributed by atoms with Gasteiger partial charge in [-0.05, 0) is 38.0 Å². The Bertz CT molecular complexity index is 1090. The van der Waals surface area contributed by atoms with Crippen molar-refractivity contribution in [3.05, 3.63) is 34.9 Å². The molecule has 2 aliphatic rings. The van der Waals surface area contributed by atoms with Gasteiger partial charge in [-0.2, -0.15) is 30.6 Å². The van der Waals surface area contributed by atoms with Crippen LogP contribution < -0.4 is 5.32 Å². The van der Waals surface area contributed by atoms with Gasteiger partial charge in [0.1, 0.15) is 0 Å². The molecule has 0 aromatic heterocycles. The van der Waals surface area contributed by atoms with Crippen LogP contribution in [0.25, 0.3) is 0 Å². The molecular formula is C22H27F8N3O3S. The highest BCUT2D eigenvalue weighted by Gasteiger charge is 2.48. The largest absolute Gasteiger partial charge is 0.417 e. The molecule has 1 saturated heterocycles. The van der Waals surface area contributed by atoms with E-state index in [2.05, 4.69) is 5.32 Å². The number of nitrogens with zero attached hydrogens (tertiary/aromatic N) is 2. The van der Waals surface area contributed by atoms with Gasteiger partial charge in [-0.25, -0.2) is 17.2 Å². The van der Waals surface area contributed by atoms with Gasteiger partial charge in [0.2, 0.25) is 15.9 Å². The Morgan fingerprint density at radius 2 is 1.51 bits per heavy atom. The Kier molecular flexibility index (Phi) is 8.22. The molecule has 15 heteroatoms. The van der Waals surface area contributed by atoms with Crippen molar-refractivity contribution in [2.75, 3.05) is 38.5 Å². The smallest absolute Gasteiger partial charge is 0.350 e. The molecule has 1 saturated carbocycles. The second kappa shape index (κ2) is 10.3. The molecule has 37 heavy (non-hydrogen) atoms. The van der Waals surface area contributed by atoms with Crippen molar-refractivity contribution < 1.29 is 48.3 Å². The average molecular weight is 566 g/mol. The van der Waals surface area contributed by atoms with Crippen LogP contribution in [0.1, 0.15) is 54.1 Å². The third-order valence-corrected chi connectivity index (χ3v) is 8.94. The molecule has 2 fully saturated rings. The number of alkyl halides is 8. The normalized spacial score (nSPS) is 21.5. The summed E-state index contributed by atoms with van der Waals surface area (Å²) in [5, 5.41) is 2.32. The lowest BCUT2D eigenvalue weighted by Gasteiger charge is -2.50. The van der Waals surface area contributed by atoms with Crippen molar-refractivity contribution in [1.29, 1.82) is 0 Å². The Hall–Kier alpha value is -2.00. The maximum atomic E-state index is 14.0. The molecule has 6 nitrogen and oxygen atoms in total. The number of carbonyl (C=O) groups is 1. The molecule has 0 atom stereocenters. The van der Waals surface area contributed by atoms with Gasteiger partial charge < -0.3 is 5.32 Å². The molecule has 1 heterocycles. The zero-order chi connectivity index (χ0) is 27.9. The molecule has 1 N–H and O–H groups in total. The summed E-state index contributed by atoms with van der Waals surface area (Å²) in [6, 6.07) is 0.671. The lowest BCUT2D eigenvalue weighted by Crippen LogP contribution is -2.63. The number of sulfonamides is 1. The van der Waals surface area contributed by atoms with E-state index in [1.807, 2.05) is 0 Å². The van der Waals surface area contributed by atoms with Crippen LogP contribution in [0.5, 0.6) is 0 Å². The zero-order valence-electron chi connectivity index (χ0n) is 19.9. The quantitative estimate of drug-likeness (QED) is 0.521. The van der Waals surface area contributed by atoms with Crippen molar-refractivity contribution in [2.24, 2.45) is 0 Å². The fraction of sp³-hybridized carbons (Fsp3) is 0.682. The molecule has 3 rings (SSSR count). The van der Waals surface area contributed by atoms with Gasteiger partial charge in [0, 0.05) is 51.1 Å². The predicted molar refractivity (Wildman–Crippen MR) is 118 cm³/mol. The number of nitrogens with one attached hydrogen (secondary N) is 1. The zero-order valence-corrected chi connectivity index (χ0v) is 20.7. The molecule has 1 aromatic rings. The number of benzene rings is 1. The summed E-state index contributed by atoms with van der Waals surface area (Å²) in [6.07, 6.45) is -11.6. The predicted octanol–water partition coefficient (Wildman–Crippen LogP) is 4.37. The van der Waals surface area contributed by atoms with Crippen LogP contribution in [-0.2, 0) is 22.4 Å². The van der Waals surface area contributed by atoms with Crippen LogP contribution in [0.15, 0.2) is 18.2 Å². The molecule has 1 aliphatic carbocycles. The second-order valence-electron chi connectivity index (χ2n) is 9.31. The van der Waals surface area contributed by atoms with Crippen molar-refractivity contribution in [3.63, 3.8) is 0 Å².